The van der Waals surface area contributed by atoms with E-state index in [0.717, 1.165) is 21.6 Å². The van der Waals surface area contributed by atoms with E-state index in [9.17, 15) is 0 Å². The summed E-state index contributed by atoms with van der Waals surface area (Å²) in [5.41, 5.74) is 2.61. The standard InChI is InChI=1S/C14H19BrClN/c1-10(9-17-14(2,3)4)7-11-5-6-13(16)12(15)8-11/h5-8,17H,9H2,1-4H3/b10-7-. The maximum atomic E-state index is 5.96. The van der Waals surface area contributed by atoms with Crippen LogP contribution in [0.3, 0.4) is 0 Å². The molecule has 0 aliphatic carbocycles. The van der Waals surface area contributed by atoms with Crippen molar-refractivity contribution in [2.24, 2.45) is 0 Å². The van der Waals surface area contributed by atoms with E-state index >= 15 is 0 Å². The van der Waals surface area contributed by atoms with E-state index in [4.69, 9.17) is 11.6 Å². The minimum absolute atomic E-state index is 0.148. The first-order valence-corrected chi connectivity index (χ1v) is 6.82. The highest BCUT2D eigenvalue weighted by Crippen LogP contribution is 2.24. The fourth-order valence-electron chi connectivity index (χ4n) is 1.34. The van der Waals surface area contributed by atoms with Crippen molar-refractivity contribution in [2.45, 2.75) is 33.2 Å². The first-order chi connectivity index (χ1) is 7.78. The van der Waals surface area contributed by atoms with Crippen LogP contribution in [0.4, 0.5) is 0 Å². The normalized spacial score (nSPS) is 12.9. The van der Waals surface area contributed by atoms with Crippen molar-refractivity contribution >= 4 is 33.6 Å². The Hall–Kier alpha value is -0.310. The Kier molecular flexibility index (Phi) is 5.23. The molecule has 0 bridgehead atoms. The van der Waals surface area contributed by atoms with E-state index in [2.05, 4.69) is 55.0 Å². The van der Waals surface area contributed by atoms with E-state index in [1.54, 1.807) is 0 Å². The summed E-state index contributed by atoms with van der Waals surface area (Å²) in [4.78, 5) is 0. The fraction of sp³-hybridized carbons (Fsp3) is 0.429. The molecule has 0 radical (unpaired) electrons. The van der Waals surface area contributed by atoms with Crippen LogP contribution in [-0.2, 0) is 0 Å². The molecule has 0 aliphatic heterocycles. The Morgan fingerprint density at radius 2 is 2.06 bits per heavy atom. The third kappa shape index (κ3) is 5.71. The maximum absolute atomic E-state index is 5.96. The molecule has 0 spiro atoms. The molecule has 1 nitrogen and oxygen atoms in total. The highest BCUT2D eigenvalue weighted by molar-refractivity contribution is 9.10. The number of benzene rings is 1. The van der Waals surface area contributed by atoms with Gasteiger partial charge in [0.15, 0.2) is 0 Å². The molecule has 0 fully saturated rings. The second-order valence-electron chi connectivity index (χ2n) is 5.27. The molecule has 1 aromatic rings. The van der Waals surface area contributed by atoms with Crippen LogP contribution in [0.25, 0.3) is 6.08 Å². The van der Waals surface area contributed by atoms with Crippen LogP contribution in [0, 0.1) is 0 Å². The van der Waals surface area contributed by atoms with Crippen molar-refractivity contribution in [2.75, 3.05) is 6.54 Å². The predicted molar refractivity (Wildman–Crippen MR) is 80.6 cm³/mol. The molecule has 0 heterocycles. The molecule has 0 atom stereocenters. The number of hydrogen-bond donors (Lipinski definition) is 1. The topological polar surface area (TPSA) is 12.0 Å². The Morgan fingerprint density at radius 3 is 2.59 bits per heavy atom. The van der Waals surface area contributed by atoms with Crippen LogP contribution >= 0.6 is 27.5 Å². The van der Waals surface area contributed by atoms with Gasteiger partial charge >= 0.3 is 0 Å². The van der Waals surface area contributed by atoms with E-state index in [1.165, 1.54) is 5.57 Å². The van der Waals surface area contributed by atoms with Crippen molar-refractivity contribution in [3.8, 4) is 0 Å². The second kappa shape index (κ2) is 6.03. The quantitative estimate of drug-likeness (QED) is 0.837. The summed E-state index contributed by atoms with van der Waals surface area (Å²) in [5.74, 6) is 0. The van der Waals surface area contributed by atoms with E-state index < -0.39 is 0 Å². The largest absolute Gasteiger partial charge is 0.308 e. The summed E-state index contributed by atoms with van der Waals surface area (Å²) in [6.45, 7) is 9.52. The van der Waals surface area contributed by atoms with Gasteiger partial charge in [-0.15, -0.1) is 0 Å². The maximum Gasteiger partial charge on any atom is 0.0548 e. The van der Waals surface area contributed by atoms with Crippen LogP contribution in [0.2, 0.25) is 5.02 Å². The number of hydrogen-bond acceptors (Lipinski definition) is 1. The summed E-state index contributed by atoms with van der Waals surface area (Å²) in [6.07, 6.45) is 2.17. The molecule has 0 amide bonds. The monoisotopic (exact) mass is 315 g/mol. The molecular weight excluding hydrogens is 298 g/mol. The van der Waals surface area contributed by atoms with Crippen molar-refractivity contribution in [3.63, 3.8) is 0 Å². The molecule has 0 saturated heterocycles. The summed E-state index contributed by atoms with van der Waals surface area (Å²) in [6, 6.07) is 5.96. The lowest BCUT2D eigenvalue weighted by Gasteiger charge is -2.20. The smallest absolute Gasteiger partial charge is 0.0548 e. The predicted octanol–water partition coefficient (Wildman–Crippen LogP) is 4.89. The third-order valence-electron chi connectivity index (χ3n) is 2.25. The van der Waals surface area contributed by atoms with Gasteiger partial charge in [0.2, 0.25) is 0 Å². The molecular formula is C14H19BrClN. The molecule has 0 unspecified atom stereocenters. The molecule has 1 rings (SSSR count). The average Bonchev–Trinajstić information content (AvgIpc) is 2.20. The third-order valence-corrected chi connectivity index (χ3v) is 3.47. The summed E-state index contributed by atoms with van der Waals surface area (Å²) >= 11 is 9.39. The minimum Gasteiger partial charge on any atom is -0.308 e. The van der Waals surface area contributed by atoms with Gasteiger partial charge in [-0.25, -0.2) is 0 Å². The van der Waals surface area contributed by atoms with Gasteiger partial charge in [-0.05, 0) is 61.3 Å². The Labute approximate surface area is 117 Å². The number of halogens is 2. The number of rotatable bonds is 3. The lowest BCUT2D eigenvalue weighted by molar-refractivity contribution is 0.445. The van der Waals surface area contributed by atoms with Gasteiger partial charge in [0.1, 0.15) is 0 Å². The molecule has 0 aromatic heterocycles. The van der Waals surface area contributed by atoms with E-state index in [-0.39, 0.29) is 5.54 Å². The minimum atomic E-state index is 0.148. The molecule has 1 aromatic carbocycles. The number of nitrogens with one attached hydrogen (secondary N) is 1. The highest BCUT2D eigenvalue weighted by Gasteiger charge is 2.07. The van der Waals surface area contributed by atoms with Crippen LogP contribution in [0.1, 0.15) is 33.3 Å². The van der Waals surface area contributed by atoms with Gasteiger partial charge in [0.05, 0.1) is 5.02 Å². The summed E-state index contributed by atoms with van der Waals surface area (Å²) in [7, 11) is 0. The summed E-state index contributed by atoms with van der Waals surface area (Å²) in [5, 5.41) is 4.20. The first kappa shape index (κ1) is 14.7. The molecule has 3 heteroatoms. The zero-order valence-electron chi connectivity index (χ0n) is 10.8. The second-order valence-corrected chi connectivity index (χ2v) is 6.53. The lowest BCUT2D eigenvalue weighted by Crippen LogP contribution is -2.36. The zero-order valence-corrected chi connectivity index (χ0v) is 13.1. The van der Waals surface area contributed by atoms with Crippen LogP contribution in [-0.4, -0.2) is 12.1 Å². The highest BCUT2D eigenvalue weighted by atomic mass is 79.9. The van der Waals surface area contributed by atoms with Crippen molar-refractivity contribution < 1.29 is 0 Å². The van der Waals surface area contributed by atoms with Gasteiger partial charge in [-0.2, -0.15) is 0 Å². The van der Waals surface area contributed by atoms with E-state index in [0.29, 0.717) is 0 Å². The molecule has 17 heavy (non-hydrogen) atoms. The van der Waals surface area contributed by atoms with Crippen LogP contribution in [0.15, 0.2) is 28.2 Å². The lowest BCUT2D eigenvalue weighted by atomic mass is 10.1. The van der Waals surface area contributed by atoms with Gasteiger partial charge in [-0.3, -0.25) is 0 Å². The summed E-state index contributed by atoms with van der Waals surface area (Å²) < 4.78 is 0.935. The van der Waals surface area contributed by atoms with Gasteiger partial charge in [0.25, 0.3) is 0 Å². The zero-order chi connectivity index (χ0) is 13.1. The Bertz CT molecular complexity index is 419. The van der Waals surface area contributed by atoms with Crippen molar-refractivity contribution in [1.82, 2.24) is 5.32 Å². The SMILES string of the molecule is C/C(=C/c1ccc(Cl)c(Br)c1)CNC(C)(C)C. The van der Waals surface area contributed by atoms with Crippen molar-refractivity contribution in [1.29, 1.82) is 0 Å². The molecule has 94 valence electrons. The van der Waals surface area contributed by atoms with Gasteiger partial charge in [0, 0.05) is 16.6 Å². The molecule has 0 aliphatic rings. The molecule has 0 saturated carbocycles. The Morgan fingerprint density at radius 1 is 1.41 bits per heavy atom. The van der Waals surface area contributed by atoms with Gasteiger partial charge < -0.3 is 5.32 Å². The van der Waals surface area contributed by atoms with Crippen LogP contribution in [0.5, 0.6) is 0 Å². The first-order valence-electron chi connectivity index (χ1n) is 5.65. The van der Waals surface area contributed by atoms with E-state index in [1.807, 2.05) is 18.2 Å². The Balaban J connectivity index is 2.71. The fourth-order valence-corrected chi connectivity index (χ4v) is 1.86. The van der Waals surface area contributed by atoms with Gasteiger partial charge in [-0.1, -0.05) is 29.3 Å². The van der Waals surface area contributed by atoms with Crippen molar-refractivity contribution in [3.05, 3.63) is 38.8 Å². The average molecular weight is 317 g/mol. The van der Waals surface area contributed by atoms with Crippen LogP contribution < -0.4 is 5.32 Å². The molecule has 1 N–H and O–H groups in total.